The number of hydrogen-bond acceptors (Lipinski definition) is 1. The summed E-state index contributed by atoms with van der Waals surface area (Å²) in [6, 6.07) is 0. The maximum absolute atomic E-state index is 4.18. The summed E-state index contributed by atoms with van der Waals surface area (Å²) in [4.78, 5) is 0.619. The highest BCUT2D eigenvalue weighted by atomic mass is 79.9. The van der Waals surface area contributed by atoms with Crippen molar-refractivity contribution >= 4 is 15.9 Å². The zero-order valence-corrected chi connectivity index (χ0v) is 12.4. The molecule has 2 nitrogen and oxygen atoms in total. The number of alkyl halides is 1. The molecule has 0 aliphatic carbocycles. The molecule has 0 radical (unpaired) electrons. The number of rotatable bonds is 5. The first-order chi connectivity index (χ1) is 7.39. The number of aromatic nitrogens is 2. The molecule has 0 aliphatic rings. The van der Waals surface area contributed by atoms with E-state index in [1.54, 1.807) is 0 Å². The Kier molecular flexibility index (Phi) is 5.03. The highest BCUT2D eigenvalue weighted by Gasteiger charge is 2.20. The van der Waals surface area contributed by atoms with E-state index in [1.165, 1.54) is 24.8 Å². The van der Waals surface area contributed by atoms with Gasteiger partial charge < -0.3 is 0 Å². The largest absolute Gasteiger partial charge is 0.276 e. The van der Waals surface area contributed by atoms with E-state index < -0.39 is 0 Å². The predicted molar refractivity (Wildman–Crippen MR) is 72.9 cm³/mol. The number of unbranched alkanes of at least 4 members (excludes halogenated alkanes) is 1. The molecule has 92 valence electrons. The van der Waals surface area contributed by atoms with Crippen molar-refractivity contribution < 1.29 is 0 Å². The van der Waals surface area contributed by atoms with Crippen LogP contribution in [0.1, 0.15) is 45.6 Å². The highest BCUT2D eigenvalue weighted by molar-refractivity contribution is 9.09. The van der Waals surface area contributed by atoms with Gasteiger partial charge in [-0.25, -0.2) is 0 Å². The summed E-state index contributed by atoms with van der Waals surface area (Å²) in [5, 5.41) is 4.18. The first-order valence-corrected chi connectivity index (χ1v) is 6.93. The van der Waals surface area contributed by atoms with E-state index in [-0.39, 0.29) is 0 Å². The van der Waals surface area contributed by atoms with E-state index in [1.807, 2.05) is 17.9 Å². The quantitative estimate of drug-likeness (QED) is 0.592. The Morgan fingerprint density at radius 2 is 2.06 bits per heavy atom. The molecule has 16 heavy (non-hydrogen) atoms. The first kappa shape index (κ1) is 13.8. The second-order valence-corrected chi connectivity index (χ2v) is 6.71. The molecule has 1 heterocycles. The van der Waals surface area contributed by atoms with Gasteiger partial charge in [-0.2, -0.15) is 5.10 Å². The summed E-state index contributed by atoms with van der Waals surface area (Å²) in [6.07, 6.45) is 9.01. The van der Waals surface area contributed by atoms with E-state index in [4.69, 9.17) is 0 Å². The third kappa shape index (κ3) is 4.69. The summed E-state index contributed by atoms with van der Waals surface area (Å²) in [6.45, 7) is 6.86. The monoisotopic (exact) mass is 286 g/mol. The maximum Gasteiger partial charge on any atom is 0.0521 e. The molecule has 0 N–H and O–H groups in total. The SMILES string of the molecule is Cn1cc(CCCCC(Br)C(C)(C)C)cn1. The molecule has 0 aromatic carbocycles. The van der Waals surface area contributed by atoms with Crippen LogP contribution in [0.4, 0.5) is 0 Å². The van der Waals surface area contributed by atoms with Gasteiger partial charge in [0.05, 0.1) is 6.20 Å². The standard InChI is InChI=1S/C13H23BrN2/c1-13(2,3)12(14)8-6-5-7-11-9-15-16(4)10-11/h9-10,12H,5-8H2,1-4H3. The molecule has 1 aromatic heterocycles. The third-order valence-electron chi connectivity index (χ3n) is 2.87. The van der Waals surface area contributed by atoms with E-state index in [9.17, 15) is 0 Å². The molecule has 3 heteroatoms. The van der Waals surface area contributed by atoms with Gasteiger partial charge in [-0.15, -0.1) is 0 Å². The number of aryl methyl sites for hydroxylation is 2. The van der Waals surface area contributed by atoms with Crippen molar-refractivity contribution in [2.24, 2.45) is 12.5 Å². The van der Waals surface area contributed by atoms with Crippen LogP contribution >= 0.6 is 15.9 Å². The highest BCUT2D eigenvalue weighted by Crippen LogP contribution is 2.30. The van der Waals surface area contributed by atoms with Crippen LogP contribution in [-0.2, 0) is 13.5 Å². The Morgan fingerprint density at radius 3 is 2.56 bits per heavy atom. The molecule has 0 fully saturated rings. The number of halogens is 1. The lowest BCUT2D eigenvalue weighted by atomic mass is 9.89. The molecule has 0 spiro atoms. The minimum atomic E-state index is 0.369. The molecule has 1 rings (SSSR count). The summed E-state index contributed by atoms with van der Waals surface area (Å²) >= 11 is 3.77. The van der Waals surface area contributed by atoms with Gasteiger partial charge in [-0.3, -0.25) is 4.68 Å². The van der Waals surface area contributed by atoms with Crippen molar-refractivity contribution in [3.05, 3.63) is 18.0 Å². The lowest BCUT2D eigenvalue weighted by molar-refractivity contribution is 0.378. The van der Waals surface area contributed by atoms with Gasteiger partial charge in [0.15, 0.2) is 0 Å². The minimum absolute atomic E-state index is 0.369. The molecule has 1 aromatic rings. The molecule has 0 aliphatic heterocycles. The van der Waals surface area contributed by atoms with Crippen LogP contribution in [-0.4, -0.2) is 14.6 Å². The van der Waals surface area contributed by atoms with Gasteiger partial charge in [-0.05, 0) is 30.2 Å². The molecule has 0 saturated heterocycles. The lowest BCUT2D eigenvalue weighted by Crippen LogP contribution is -2.19. The Balaban J connectivity index is 2.17. The lowest BCUT2D eigenvalue weighted by Gasteiger charge is -2.25. The molecule has 0 saturated carbocycles. The van der Waals surface area contributed by atoms with Crippen molar-refractivity contribution in [3.63, 3.8) is 0 Å². The summed E-state index contributed by atoms with van der Waals surface area (Å²) in [7, 11) is 1.97. The zero-order chi connectivity index (χ0) is 12.2. The van der Waals surface area contributed by atoms with Crippen molar-refractivity contribution in [1.29, 1.82) is 0 Å². The Hall–Kier alpha value is -0.310. The van der Waals surface area contributed by atoms with E-state index in [0.717, 1.165) is 6.42 Å². The van der Waals surface area contributed by atoms with Gasteiger partial charge in [0.2, 0.25) is 0 Å². The van der Waals surface area contributed by atoms with Crippen LogP contribution in [0.15, 0.2) is 12.4 Å². The third-order valence-corrected chi connectivity index (χ3v) is 4.70. The minimum Gasteiger partial charge on any atom is -0.276 e. The van der Waals surface area contributed by atoms with Crippen molar-refractivity contribution in [2.45, 2.75) is 51.3 Å². The molecular formula is C13H23BrN2. The van der Waals surface area contributed by atoms with E-state index in [0.29, 0.717) is 10.2 Å². The molecule has 0 bridgehead atoms. The fourth-order valence-electron chi connectivity index (χ4n) is 1.69. The van der Waals surface area contributed by atoms with Gasteiger partial charge in [0.1, 0.15) is 0 Å². The van der Waals surface area contributed by atoms with Crippen molar-refractivity contribution in [2.75, 3.05) is 0 Å². The van der Waals surface area contributed by atoms with Crippen LogP contribution < -0.4 is 0 Å². The Labute approximate surface area is 108 Å². The van der Waals surface area contributed by atoms with Crippen molar-refractivity contribution in [1.82, 2.24) is 9.78 Å². The van der Waals surface area contributed by atoms with E-state index >= 15 is 0 Å². The van der Waals surface area contributed by atoms with Gasteiger partial charge >= 0.3 is 0 Å². The molecule has 1 atom stereocenters. The van der Waals surface area contributed by atoms with Gasteiger partial charge in [-0.1, -0.05) is 43.1 Å². The molecule has 0 amide bonds. The van der Waals surface area contributed by atoms with Crippen molar-refractivity contribution in [3.8, 4) is 0 Å². The average molecular weight is 287 g/mol. The fourth-order valence-corrected chi connectivity index (χ4v) is 2.01. The number of nitrogens with zero attached hydrogens (tertiary/aromatic N) is 2. The van der Waals surface area contributed by atoms with Gasteiger partial charge in [0.25, 0.3) is 0 Å². The molecular weight excluding hydrogens is 264 g/mol. The first-order valence-electron chi connectivity index (χ1n) is 6.01. The van der Waals surface area contributed by atoms with E-state index in [2.05, 4.69) is 48.0 Å². The normalized spacial score (nSPS) is 14.1. The predicted octanol–water partition coefficient (Wildman–Crippen LogP) is 3.94. The second-order valence-electron chi connectivity index (χ2n) is 5.60. The smallest absolute Gasteiger partial charge is 0.0521 e. The Bertz CT molecular complexity index is 312. The molecule has 1 unspecified atom stereocenters. The fraction of sp³-hybridized carbons (Fsp3) is 0.769. The maximum atomic E-state index is 4.18. The average Bonchev–Trinajstić information content (AvgIpc) is 2.57. The summed E-state index contributed by atoms with van der Waals surface area (Å²) < 4.78 is 1.87. The van der Waals surface area contributed by atoms with Crippen LogP contribution in [0, 0.1) is 5.41 Å². The summed E-state index contributed by atoms with van der Waals surface area (Å²) in [5.41, 5.74) is 1.72. The zero-order valence-electron chi connectivity index (χ0n) is 10.8. The Morgan fingerprint density at radius 1 is 1.38 bits per heavy atom. The van der Waals surface area contributed by atoms with Crippen LogP contribution in [0.5, 0.6) is 0 Å². The van der Waals surface area contributed by atoms with Crippen LogP contribution in [0.25, 0.3) is 0 Å². The van der Waals surface area contributed by atoms with Crippen LogP contribution in [0.3, 0.4) is 0 Å². The summed E-state index contributed by atoms with van der Waals surface area (Å²) in [5.74, 6) is 0. The van der Waals surface area contributed by atoms with Gasteiger partial charge in [0, 0.05) is 18.1 Å². The topological polar surface area (TPSA) is 17.8 Å². The number of hydrogen-bond donors (Lipinski definition) is 0. The van der Waals surface area contributed by atoms with Crippen LogP contribution in [0.2, 0.25) is 0 Å². The second kappa shape index (κ2) is 5.85.